The quantitative estimate of drug-likeness (QED) is 0.664. The summed E-state index contributed by atoms with van der Waals surface area (Å²) in [5.41, 5.74) is 1.80. The molecule has 0 atom stereocenters. The third kappa shape index (κ3) is 4.52. The van der Waals surface area contributed by atoms with Crippen LogP contribution in [0, 0.1) is 0 Å². The van der Waals surface area contributed by atoms with Crippen molar-refractivity contribution in [1.29, 1.82) is 0 Å². The fourth-order valence-corrected chi connectivity index (χ4v) is 2.66. The van der Waals surface area contributed by atoms with Crippen molar-refractivity contribution in [2.24, 2.45) is 0 Å². The van der Waals surface area contributed by atoms with Crippen molar-refractivity contribution in [1.82, 2.24) is 19.6 Å². The Hall–Kier alpha value is -1.93. The second-order valence-electron chi connectivity index (χ2n) is 4.96. The Labute approximate surface area is 149 Å². The van der Waals surface area contributed by atoms with Crippen LogP contribution in [0.1, 0.15) is 5.56 Å². The highest BCUT2D eigenvalue weighted by atomic mass is 79.9. The lowest BCUT2D eigenvalue weighted by Gasteiger charge is -2.03. The van der Waals surface area contributed by atoms with Gasteiger partial charge in [0.25, 0.3) is 0 Å². The molecule has 1 aromatic carbocycles. The smallest absolute Gasteiger partial charge is 0.246 e. The summed E-state index contributed by atoms with van der Waals surface area (Å²) in [7, 11) is 0. The van der Waals surface area contributed by atoms with Gasteiger partial charge in [0.15, 0.2) is 0 Å². The molecule has 0 saturated carbocycles. The van der Waals surface area contributed by atoms with E-state index < -0.39 is 0 Å². The highest BCUT2D eigenvalue weighted by Crippen LogP contribution is 2.13. The molecular weight excluding hydrogens is 426 g/mol. The van der Waals surface area contributed by atoms with E-state index in [-0.39, 0.29) is 12.5 Å². The van der Waals surface area contributed by atoms with E-state index in [0.717, 1.165) is 14.5 Å². The second kappa shape index (κ2) is 7.10. The van der Waals surface area contributed by atoms with Gasteiger partial charge in [0.1, 0.15) is 6.54 Å². The first-order valence-corrected chi connectivity index (χ1v) is 8.42. The first-order valence-electron chi connectivity index (χ1n) is 6.83. The van der Waals surface area contributed by atoms with Gasteiger partial charge in [-0.3, -0.25) is 14.2 Å². The lowest BCUT2D eigenvalue weighted by molar-refractivity contribution is -0.116. The zero-order chi connectivity index (χ0) is 16.2. The zero-order valence-corrected chi connectivity index (χ0v) is 15.2. The lowest BCUT2D eigenvalue weighted by Crippen LogP contribution is -2.18. The minimum absolute atomic E-state index is 0.149. The molecule has 1 amide bonds. The van der Waals surface area contributed by atoms with E-state index in [1.165, 1.54) is 0 Å². The molecule has 2 heterocycles. The fraction of sp³-hybridized carbons (Fsp3) is 0.133. The number of nitrogens with one attached hydrogen (secondary N) is 1. The molecule has 0 fully saturated rings. The maximum absolute atomic E-state index is 12.0. The van der Waals surface area contributed by atoms with Gasteiger partial charge in [0.05, 0.1) is 29.1 Å². The summed E-state index contributed by atoms with van der Waals surface area (Å²) in [5, 5.41) is 11.1. The molecule has 0 aliphatic heterocycles. The minimum atomic E-state index is -0.149. The van der Waals surface area contributed by atoms with Crippen LogP contribution in [0.2, 0.25) is 0 Å². The fourth-order valence-electron chi connectivity index (χ4n) is 2.06. The Morgan fingerprint density at radius 3 is 2.43 bits per heavy atom. The lowest BCUT2D eigenvalue weighted by atomic mass is 10.2. The largest absolute Gasteiger partial charge is 0.322 e. The molecule has 0 aliphatic carbocycles. The second-order valence-corrected chi connectivity index (χ2v) is 6.79. The summed E-state index contributed by atoms with van der Waals surface area (Å²) < 4.78 is 5.22. The number of anilines is 1. The molecule has 2 aromatic heterocycles. The average molecular weight is 439 g/mol. The molecule has 118 valence electrons. The van der Waals surface area contributed by atoms with Crippen molar-refractivity contribution in [3.05, 3.63) is 63.6 Å². The van der Waals surface area contributed by atoms with E-state index in [1.807, 2.05) is 24.3 Å². The number of amides is 1. The number of hydrogen-bond acceptors (Lipinski definition) is 3. The van der Waals surface area contributed by atoms with Crippen LogP contribution in [-0.2, 0) is 17.9 Å². The van der Waals surface area contributed by atoms with E-state index >= 15 is 0 Å². The van der Waals surface area contributed by atoms with Crippen LogP contribution in [0.5, 0.6) is 0 Å². The molecule has 0 saturated heterocycles. The third-order valence-corrected chi connectivity index (χ3v) is 4.02. The van der Waals surface area contributed by atoms with Gasteiger partial charge in [-0.15, -0.1) is 0 Å². The van der Waals surface area contributed by atoms with Crippen LogP contribution in [0.25, 0.3) is 0 Å². The summed E-state index contributed by atoms with van der Waals surface area (Å²) in [6.45, 7) is 0.804. The maximum Gasteiger partial charge on any atom is 0.246 e. The summed E-state index contributed by atoms with van der Waals surface area (Å²) in [4.78, 5) is 12.0. The van der Waals surface area contributed by atoms with Crippen molar-refractivity contribution in [3.8, 4) is 0 Å². The molecule has 3 aromatic rings. The topological polar surface area (TPSA) is 64.7 Å². The summed E-state index contributed by atoms with van der Waals surface area (Å²) in [6, 6.07) is 8.03. The number of benzene rings is 1. The van der Waals surface area contributed by atoms with Crippen LogP contribution in [0.15, 0.2) is 58.0 Å². The number of rotatable bonds is 5. The summed E-state index contributed by atoms with van der Waals surface area (Å²) >= 11 is 6.71. The third-order valence-electron chi connectivity index (χ3n) is 3.08. The van der Waals surface area contributed by atoms with Crippen LogP contribution in [-0.4, -0.2) is 25.5 Å². The van der Waals surface area contributed by atoms with Crippen molar-refractivity contribution in [2.45, 2.75) is 13.1 Å². The Balaban J connectivity index is 1.58. The van der Waals surface area contributed by atoms with Crippen molar-refractivity contribution >= 4 is 43.5 Å². The zero-order valence-electron chi connectivity index (χ0n) is 12.0. The van der Waals surface area contributed by atoms with Gasteiger partial charge in [-0.05, 0) is 33.6 Å². The van der Waals surface area contributed by atoms with Crippen molar-refractivity contribution < 1.29 is 4.79 Å². The van der Waals surface area contributed by atoms with E-state index in [0.29, 0.717) is 12.2 Å². The molecule has 0 bridgehead atoms. The minimum Gasteiger partial charge on any atom is -0.322 e. The monoisotopic (exact) mass is 437 g/mol. The Morgan fingerprint density at radius 2 is 1.74 bits per heavy atom. The van der Waals surface area contributed by atoms with Gasteiger partial charge in [-0.1, -0.05) is 28.1 Å². The van der Waals surface area contributed by atoms with E-state index in [9.17, 15) is 4.79 Å². The Bertz CT molecular complexity index is 809. The van der Waals surface area contributed by atoms with E-state index in [4.69, 9.17) is 0 Å². The van der Waals surface area contributed by atoms with Crippen LogP contribution >= 0.6 is 31.9 Å². The molecule has 0 aliphatic rings. The Morgan fingerprint density at radius 1 is 1.00 bits per heavy atom. The molecular formula is C15H13Br2N5O. The SMILES string of the molecule is O=C(Cn1cc(Br)cn1)Nc1cnn(Cc2ccc(Br)cc2)c1. The van der Waals surface area contributed by atoms with Gasteiger partial charge < -0.3 is 5.32 Å². The van der Waals surface area contributed by atoms with Gasteiger partial charge >= 0.3 is 0 Å². The predicted octanol–water partition coefficient (Wildman–Crippen LogP) is 3.29. The Kier molecular flexibility index (Phi) is 4.92. The molecule has 6 nitrogen and oxygen atoms in total. The molecule has 3 rings (SSSR count). The van der Waals surface area contributed by atoms with Crippen molar-refractivity contribution in [2.75, 3.05) is 5.32 Å². The number of halogens is 2. The molecule has 8 heteroatoms. The summed E-state index contributed by atoms with van der Waals surface area (Å²) in [5.74, 6) is -0.149. The van der Waals surface area contributed by atoms with Gasteiger partial charge in [0.2, 0.25) is 5.91 Å². The molecule has 0 unspecified atom stereocenters. The van der Waals surface area contributed by atoms with Crippen LogP contribution in [0.4, 0.5) is 5.69 Å². The first kappa shape index (κ1) is 15.9. The van der Waals surface area contributed by atoms with Gasteiger partial charge in [0, 0.05) is 16.9 Å². The molecule has 1 N–H and O–H groups in total. The first-order chi connectivity index (χ1) is 11.1. The molecule has 0 spiro atoms. The molecule has 0 radical (unpaired) electrons. The maximum atomic E-state index is 12.0. The number of carbonyl (C=O) groups is 1. The summed E-state index contributed by atoms with van der Waals surface area (Å²) in [6.07, 6.45) is 6.83. The number of nitrogens with zero attached hydrogens (tertiary/aromatic N) is 4. The normalized spacial score (nSPS) is 10.7. The highest BCUT2D eigenvalue weighted by molar-refractivity contribution is 9.10. The standard InChI is InChI=1S/C15H13Br2N5O/c16-12-3-1-11(2-4-12)7-21-9-14(6-19-21)20-15(23)10-22-8-13(17)5-18-22/h1-6,8-9H,7,10H2,(H,20,23). The van der Waals surface area contributed by atoms with Crippen LogP contribution < -0.4 is 5.32 Å². The average Bonchev–Trinajstić information content (AvgIpc) is 3.11. The number of carbonyl (C=O) groups excluding carboxylic acids is 1. The highest BCUT2D eigenvalue weighted by Gasteiger charge is 2.07. The van der Waals surface area contributed by atoms with E-state index in [2.05, 4.69) is 47.4 Å². The van der Waals surface area contributed by atoms with Gasteiger partial charge in [-0.25, -0.2) is 0 Å². The number of aromatic nitrogens is 4. The molecule has 23 heavy (non-hydrogen) atoms. The number of hydrogen-bond donors (Lipinski definition) is 1. The van der Waals surface area contributed by atoms with Gasteiger partial charge in [-0.2, -0.15) is 10.2 Å². The predicted molar refractivity (Wildman–Crippen MR) is 94.0 cm³/mol. The van der Waals surface area contributed by atoms with Crippen molar-refractivity contribution in [3.63, 3.8) is 0 Å². The van der Waals surface area contributed by atoms with E-state index in [1.54, 1.807) is 34.2 Å². The van der Waals surface area contributed by atoms with Crippen LogP contribution in [0.3, 0.4) is 0 Å².